The molecule has 1 unspecified atom stereocenters. The predicted molar refractivity (Wildman–Crippen MR) is 146 cm³/mol. The lowest BCUT2D eigenvalue weighted by molar-refractivity contribution is -0.127. The molecular formula is C31H32FN3O3. The number of piperidine rings is 1. The average molecular weight is 514 g/mol. The van der Waals surface area contributed by atoms with Crippen LogP contribution in [-0.2, 0) is 4.79 Å². The minimum Gasteiger partial charge on any atom is -0.497 e. The topological polar surface area (TPSA) is 63.7 Å². The van der Waals surface area contributed by atoms with E-state index in [0.717, 1.165) is 66.1 Å². The summed E-state index contributed by atoms with van der Waals surface area (Å²) in [5.41, 5.74) is 2.39. The maximum Gasteiger partial charge on any atom is 0.224 e. The highest BCUT2D eigenvalue weighted by Crippen LogP contribution is 2.26. The summed E-state index contributed by atoms with van der Waals surface area (Å²) in [5.74, 6) is 1.22. The number of fused-ring (bicyclic) bond motifs is 1. The Morgan fingerprint density at radius 2 is 1.68 bits per heavy atom. The number of amides is 1. The van der Waals surface area contributed by atoms with Crippen molar-refractivity contribution in [3.63, 3.8) is 0 Å². The van der Waals surface area contributed by atoms with Crippen LogP contribution in [0.4, 0.5) is 4.39 Å². The highest BCUT2D eigenvalue weighted by molar-refractivity contribution is 5.81. The Labute approximate surface area is 222 Å². The Hall–Kier alpha value is -3.97. The van der Waals surface area contributed by atoms with Crippen LogP contribution < -0.4 is 14.8 Å². The van der Waals surface area contributed by atoms with E-state index in [2.05, 4.69) is 10.2 Å². The molecule has 1 saturated heterocycles. The third kappa shape index (κ3) is 6.29. The van der Waals surface area contributed by atoms with Crippen molar-refractivity contribution in [3.8, 4) is 11.5 Å². The van der Waals surface area contributed by atoms with E-state index in [-0.39, 0.29) is 17.6 Å². The maximum absolute atomic E-state index is 13.6. The van der Waals surface area contributed by atoms with Crippen molar-refractivity contribution in [2.24, 2.45) is 5.92 Å². The number of carbonyl (C=O) groups is 1. The van der Waals surface area contributed by atoms with E-state index in [4.69, 9.17) is 14.5 Å². The van der Waals surface area contributed by atoms with E-state index in [1.807, 2.05) is 60.7 Å². The summed E-state index contributed by atoms with van der Waals surface area (Å²) < 4.78 is 24.7. The van der Waals surface area contributed by atoms with Crippen LogP contribution in [0.5, 0.6) is 11.5 Å². The zero-order chi connectivity index (χ0) is 26.3. The first-order valence-corrected chi connectivity index (χ1v) is 13.0. The van der Waals surface area contributed by atoms with Gasteiger partial charge in [-0.1, -0.05) is 36.4 Å². The number of hydrogen-bond donors (Lipinski definition) is 1. The van der Waals surface area contributed by atoms with Gasteiger partial charge < -0.3 is 14.8 Å². The molecule has 0 saturated carbocycles. The van der Waals surface area contributed by atoms with Gasteiger partial charge in [-0.15, -0.1) is 0 Å². The van der Waals surface area contributed by atoms with Gasteiger partial charge in [0.15, 0.2) is 0 Å². The van der Waals surface area contributed by atoms with E-state index in [9.17, 15) is 9.18 Å². The third-order valence-corrected chi connectivity index (χ3v) is 7.10. The molecule has 1 N–H and O–H groups in total. The number of ether oxygens (including phenoxy) is 2. The van der Waals surface area contributed by atoms with Crippen molar-refractivity contribution in [2.75, 3.05) is 33.4 Å². The van der Waals surface area contributed by atoms with Crippen molar-refractivity contribution in [1.82, 2.24) is 15.2 Å². The number of rotatable bonds is 9. The van der Waals surface area contributed by atoms with Gasteiger partial charge in [-0.2, -0.15) is 0 Å². The van der Waals surface area contributed by atoms with Gasteiger partial charge in [0.05, 0.1) is 24.4 Å². The van der Waals surface area contributed by atoms with Gasteiger partial charge in [0, 0.05) is 17.8 Å². The lowest BCUT2D eigenvalue weighted by atomic mass is 9.94. The first kappa shape index (κ1) is 25.7. The van der Waals surface area contributed by atoms with Crippen LogP contribution in [0.3, 0.4) is 0 Å². The zero-order valence-corrected chi connectivity index (χ0v) is 21.5. The van der Waals surface area contributed by atoms with Crippen LogP contribution >= 0.6 is 0 Å². The molecule has 7 heteroatoms. The number of hydrogen-bond acceptors (Lipinski definition) is 5. The normalized spacial score (nSPS) is 15.2. The molecule has 0 radical (unpaired) electrons. The second kappa shape index (κ2) is 12.0. The molecule has 5 rings (SSSR count). The molecule has 2 heterocycles. The third-order valence-electron chi connectivity index (χ3n) is 7.10. The van der Waals surface area contributed by atoms with Crippen LogP contribution in [0.25, 0.3) is 10.9 Å². The number of halogens is 1. The number of carbonyl (C=O) groups excluding carboxylic acids is 1. The lowest BCUT2D eigenvalue weighted by Gasteiger charge is -2.32. The minimum absolute atomic E-state index is 0.00316. The largest absolute Gasteiger partial charge is 0.497 e. The number of methoxy groups -OCH3 is 1. The number of pyridine rings is 1. The van der Waals surface area contributed by atoms with Gasteiger partial charge in [0.2, 0.25) is 5.91 Å². The van der Waals surface area contributed by atoms with Crippen LogP contribution in [-0.4, -0.2) is 49.1 Å². The highest BCUT2D eigenvalue weighted by atomic mass is 19.1. The first-order valence-electron chi connectivity index (χ1n) is 13.0. The van der Waals surface area contributed by atoms with E-state index < -0.39 is 6.04 Å². The number of nitrogens with zero attached hydrogens (tertiary/aromatic N) is 2. The van der Waals surface area contributed by atoms with E-state index in [1.54, 1.807) is 19.2 Å². The molecule has 4 aromatic rings. The SMILES string of the molecule is COc1ccc(OCCN2CCC(C(=O)NC(c3ccc(F)cc3)c3ccc4ccccc4n3)CC2)cc1. The number of aromatic nitrogens is 1. The lowest BCUT2D eigenvalue weighted by Crippen LogP contribution is -2.43. The molecule has 38 heavy (non-hydrogen) atoms. The van der Waals surface area contributed by atoms with Crippen LogP contribution in [0, 0.1) is 11.7 Å². The fraction of sp³-hybridized carbons (Fsp3) is 0.290. The van der Waals surface area contributed by atoms with E-state index >= 15 is 0 Å². The Bertz CT molecular complexity index is 1350. The fourth-order valence-corrected chi connectivity index (χ4v) is 4.87. The van der Waals surface area contributed by atoms with Gasteiger partial charge >= 0.3 is 0 Å². The fourth-order valence-electron chi connectivity index (χ4n) is 4.87. The average Bonchev–Trinajstić information content (AvgIpc) is 2.97. The van der Waals surface area contributed by atoms with Gasteiger partial charge in [-0.3, -0.25) is 14.7 Å². The van der Waals surface area contributed by atoms with E-state index in [0.29, 0.717) is 6.61 Å². The summed E-state index contributed by atoms with van der Waals surface area (Å²) in [7, 11) is 1.64. The Kier molecular flexibility index (Phi) is 8.14. The molecule has 3 aromatic carbocycles. The van der Waals surface area contributed by atoms with Gasteiger partial charge in [-0.25, -0.2) is 4.39 Å². The Balaban J connectivity index is 1.19. The van der Waals surface area contributed by atoms with Gasteiger partial charge in [0.25, 0.3) is 0 Å². The number of para-hydroxylation sites is 1. The standard InChI is InChI=1S/C31H32FN3O3/c1-37-26-11-13-27(14-12-26)38-21-20-35-18-16-24(17-19-35)31(36)34-30(23-6-9-25(32)10-7-23)29-15-8-22-4-2-3-5-28(22)33-29/h2-15,24,30H,16-21H2,1H3,(H,34,36). The molecule has 1 aliphatic heterocycles. The van der Waals surface area contributed by atoms with Crippen LogP contribution in [0.15, 0.2) is 84.9 Å². The van der Waals surface area contributed by atoms with Gasteiger partial charge in [-0.05, 0) is 80.0 Å². The Morgan fingerprint density at radius 3 is 2.42 bits per heavy atom. The summed E-state index contributed by atoms with van der Waals surface area (Å²) in [6, 6.07) is 25.2. The highest BCUT2D eigenvalue weighted by Gasteiger charge is 2.28. The Morgan fingerprint density at radius 1 is 0.974 bits per heavy atom. The molecule has 6 nitrogen and oxygen atoms in total. The smallest absolute Gasteiger partial charge is 0.224 e. The molecular weight excluding hydrogens is 481 g/mol. The molecule has 1 atom stereocenters. The molecule has 1 aromatic heterocycles. The van der Waals surface area contributed by atoms with Crippen LogP contribution in [0.1, 0.15) is 30.1 Å². The molecule has 1 fully saturated rings. The summed E-state index contributed by atoms with van der Waals surface area (Å²) in [4.78, 5) is 20.5. The molecule has 196 valence electrons. The predicted octanol–water partition coefficient (Wildman–Crippen LogP) is 5.38. The molecule has 0 aliphatic carbocycles. The maximum atomic E-state index is 13.6. The van der Waals surface area contributed by atoms with Crippen molar-refractivity contribution >= 4 is 16.8 Å². The number of nitrogens with one attached hydrogen (secondary N) is 1. The van der Waals surface area contributed by atoms with E-state index in [1.165, 1.54) is 12.1 Å². The van der Waals surface area contributed by atoms with Crippen molar-refractivity contribution in [3.05, 3.63) is 102 Å². The second-order valence-electron chi connectivity index (χ2n) is 9.56. The van der Waals surface area contributed by atoms with Crippen molar-refractivity contribution < 1.29 is 18.7 Å². The number of benzene rings is 3. The molecule has 0 bridgehead atoms. The first-order chi connectivity index (χ1) is 18.6. The second-order valence-corrected chi connectivity index (χ2v) is 9.56. The monoisotopic (exact) mass is 513 g/mol. The van der Waals surface area contributed by atoms with Gasteiger partial charge in [0.1, 0.15) is 23.9 Å². The molecule has 1 amide bonds. The zero-order valence-electron chi connectivity index (χ0n) is 21.5. The molecule has 1 aliphatic rings. The number of likely N-dealkylation sites (tertiary alicyclic amines) is 1. The summed E-state index contributed by atoms with van der Waals surface area (Å²) >= 11 is 0. The van der Waals surface area contributed by atoms with Crippen molar-refractivity contribution in [2.45, 2.75) is 18.9 Å². The minimum atomic E-state index is -0.455. The summed E-state index contributed by atoms with van der Waals surface area (Å²) in [5, 5.41) is 4.25. The summed E-state index contributed by atoms with van der Waals surface area (Å²) in [6.45, 7) is 3.06. The molecule has 0 spiro atoms. The quantitative estimate of drug-likeness (QED) is 0.326. The summed E-state index contributed by atoms with van der Waals surface area (Å²) in [6.07, 6.45) is 1.55. The van der Waals surface area contributed by atoms with Crippen LogP contribution in [0.2, 0.25) is 0 Å². The van der Waals surface area contributed by atoms with Crippen molar-refractivity contribution in [1.29, 1.82) is 0 Å².